The maximum absolute atomic E-state index is 12.0. The molecule has 29 nitrogen and oxygen atoms in total. The molecule has 0 aliphatic rings. The molecule has 1 aromatic heterocycles. The number of rotatable bonds is 27. The van der Waals surface area contributed by atoms with Crippen LogP contribution in [0.3, 0.4) is 0 Å². The Balaban J connectivity index is 1.40. The summed E-state index contributed by atoms with van der Waals surface area (Å²) in [6.07, 6.45) is -0.188. The molecular formula is C43H44Cl2N10O19S5. The molecule has 424 valence electrons. The van der Waals surface area contributed by atoms with E-state index in [1.807, 2.05) is 0 Å². The van der Waals surface area contributed by atoms with Crippen molar-refractivity contribution in [2.75, 3.05) is 61.4 Å². The Morgan fingerprint density at radius 2 is 0.924 bits per heavy atom. The Morgan fingerprint density at radius 1 is 0.506 bits per heavy atom. The van der Waals surface area contributed by atoms with E-state index in [1.165, 1.54) is 87.0 Å². The van der Waals surface area contributed by atoms with Gasteiger partial charge in [0.1, 0.15) is 44.2 Å². The average molecular weight is 1240 g/mol. The summed E-state index contributed by atoms with van der Waals surface area (Å²) >= 11 is 13.4. The van der Waals surface area contributed by atoms with Gasteiger partial charge in [-0.05, 0) is 85.5 Å². The molecule has 36 heteroatoms. The van der Waals surface area contributed by atoms with Crippen LogP contribution in [0.15, 0.2) is 120 Å². The molecule has 0 aliphatic carbocycles. The number of nitrogens with zero attached hydrogens (tertiary/aromatic N) is 7. The number of azo groups is 2. The first-order valence-electron chi connectivity index (χ1n) is 22.1. The molecule has 0 unspecified atom stereocenters. The van der Waals surface area contributed by atoms with Crippen LogP contribution in [0.5, 0.6) is 23.0 Å². The van der Waals surface area contributed by atoms with E-state index in [1.54, 1.807) is 0 Å². The van der Waals surface area contributed by atoms with Crippen LogP contribution in [-0.2, 0) is 57.0 Å². The lowest BCUT2D eigenvalue weighted by Crippen LogP contribution is -2.13. The third-order valence-electron chi connectivity index (χ3n) is 10.1. The molecule has 8 N–H and O–H groups in total. The van der Waals surface area contributed by atoms with Gasteiger partial charge in [0.15, 0.2) is 0 Å². The molecule has 0 bridgehead atoms. The van der Waals surface area contributed by atoms with E-state index in [-0.39, 0.29) is 129 Å². The maximum atomic E-state index is 12.0. The molecule has 0 atom stereocenters. The standard InChI is InChI=1S/C43H44Cl2N10O19S5/c1-71-35-11-7-26(19-39(35)78(65,66)67)52-54-31-23-37(73-15-3-17-75(56,57)58)33(21-29(31)44)47-42-49-41(46-14-13-25-5-9-28(10-6-25)77(62,63)64)50-43(51-42)48-34-22-30(45)32(24-38(34)74-16-4-18-76(59,60)61)55-53-27-8-12-36(72-2)40(20-27)79(68,69)70/h5-12,19-24H,3-4,13-18H2,1-2H3,(H,56,57,58)(H,59,60,61)(H,62,63,64)(H,65,66,67)(H,68,69,70)(H3,46,47,48,49,50,51). The number of methoxy groups -OCH3 is 2. The SMILES string of the molecule is COc1ccc(N=Nc2cc(OCCCS(=O)(=O)O)c(Nc3nc(NCCc4ccc(S(=O)(=O)O)cc4)nc(Nc4cc(Cl)c(N=Nc5ccc(OC)c(S(=O)(=O)O)c5)cc4OCCCS(=O)(=O)O)n3)cc2Cl)cc1S(=O)(=O)O. The molecule has 5 aromatic carbocycles. The molecule has 6 rings (SSSR count). The maximum Gasteiger partial charge on any atom is 0.298 e. The molecule has 0 spiro atoms. The summed E-state index contributed by atoms with van der Waals surface area (Å²) in [6.45, 7) is -0.546. The number of hydrogen-bond donors (Lipinski definition) is 8. The highest BCUT2D eigenvalue weighted by Crippen LogP contribution is 2.41. The molecule has 6 aromatic rings. The van der Waals surface area contributed by atoms with E-state index in [4.69, 9.17) is 42.1 Å². The predicted molar refractivity (Wildman–Crippen MR) is 285 cm³/mol. The minimum atomic E-state index is -4.77. The topological polar surface area (TPSA) is 433 Å². The first-order chi connectivity index (χ1) is 37.0. The number of nitrogens with one attached hydrogen (secondary N) is 3. The van der Waals surface area contributed by atoms with Crippen molar-refractivity contribution in [1.29, 1.82) is 0 Å². The highest BCUT2D eigenvalue weighted by atomic mass is 35.5. The van der Waals surface area contributed by atoms with Gasteiger partial charge < -0.3 is 34.9 Å². The molecule has 0 aliphatic heterocycles. The fraction of sp³-hybridized carbons (Fsp3) is 0.233. The summed E-state index contributed by atoms with van der Waals surface area (Å²) in [4.78, 5) is 11.8. The number of benzene rings is 5. The van der Waals surface area contributed by atoms with Gasteiger partial charge in [0.2, 0.25) is 17.8 Å². The number of ether oxygens (including phenoxy) is 4. The first kappa shape index (κ1) is 61.3. The van der Waals surface area contributed by atoms with Crippen molar-refractivity contribution in [3.63, 3.8) is 0 Å². The second kappa shape index (κ2) is 25.9. The fourth-order valence-corrected chi connectivity index (χ4v) is 9.75. The lowest BCUT2D eigenvalue weighted by atomic mass is 10.1. The van der Waals surface area contributed by atoms with Gasteiger partial charge in [0, 0.05) is 18.7 Å². The van der Waals surface area contributed by atoms with E-state index < -0.39 is 71.9 Å². The van der Waals surface area contributed by atoms with Crippen molar-refractivity contribution < 1.29 is 83.8 Å². The Morgan fingerprint density at radius 3 is 1.30 bits per heavy atom. The van der Waals surface area contributed by atoms with Gasteiger partial charge >= 0.3 is 0 Å². The van der Waals surface area contributed by atoms with Crippen LogP contribution in [0.2, 0.25) is 10.0 Å². The van der Waals surface area contributed by atoms with Gasteiger partial charge in [0.05, 0.1) is 76.6 Å². The smallest absolute Gasteiger partial charge is 0.298 e. The molecule has 0 saturated heterocycles. The Labute approximate surface area is 461 Å². The van der Waals surface area contributed by atoms with Crippen LogP contribution >= 0.6 is 23.2 Å². The molecule has 0 amide bonds. The van der Waals surface area contributed by atoms with Crippen molar-refractivity contribution in [2.45, 2.75) is 33.9 Å². The monoisotopic (exact) mass is 1230 g/mol. The first-order valence-corrected chi connectivity index (χ1v) is 30.4. The van der Waals surface area contributed by atoms with Gasteiger partial charge in [0.25, 0.3) is 50.6 Å². The lowest BCUT2D eigenvalue weighted by Gasteiger charge is -2.17. The Kier molecular flexibility index (Phi) is 20.1. The van der Waals surface area contributed by atoms with Crippen LogP contribution in [0, 0.1) is 0 Å². The predicted octanol–water partition coefficient (Wildman–Crippen LogP) is 8.22. The van der Waals surface area contributed by atoms with Gasteiger partial charge in [-0.15, -0.1) is 10.2 Å². The molecule has 0 saturated carbocycles. The third-order valence-corrected chi connectivity index (χ3v) is 15.0. The summed E-state index contributed by atoms with van der Waals surface area (Å²) in [5.41, 5.74) is 0.339. The zero-order chi connectivity index (χ0) is 57.9. The van der Waals surface area contributed by atoms with Crippen molar-refractivity contribution in [2.24, 2.45) is 20.5 Å². The summed E-state index contributed by atoms with van der Waals surface area (Å²) in [5.74, 6) is -2.54. The van der Waals surface area contributed by atoms with E-state index in [9.17, 15) is 64.9 Å². The van der Waals surface area contributed by atoms with Crippen LogP contribution in [0.25, 0.3) is 0 Å². The lowest BCUT2D eigenvalue weighted by molar-refractivity contribution is 0.317. The van der Waals surface area contributed by atoms with Gasteiger partial charge in [-0.2, -0.15) is 67.3 Å². The Hall–Kier alpha value is -6.96. The van der Waals surface area contributed by atoms with Crippen molar-refractivity contribution >= 4 is 126 Å². The quantitative estimate of drug-likeness (QED) is 0.0137. The minimum absolute atomic E-state index is 0.0112. The van der Waals surface area contributed by atoms with E-state index in [0.29, 0.717) is 5.56 Å². The minimum Gasteiger partial charge on any atom is -0.495 e. The van der Waals surface area contributed by atoms with Gasteiger partial charge in [-0.1, -0.05) is 35.3 Å². The van der Waals surface area contributed by atoms with Crippen LogP contribution in [-0.4, -0.2) is 125 Å². The van der Waals surface area contributed by atoms with Crippen LogP contribution in [0.1, 0.15) is 18.4 Å². The third kappa shape index (κ3) is 18.6. The van der Waals surface area contributed by atoms with Crippen molar-refractivity contribution in [3.05, 3.63) is 101 Å². The van der Waals surface area contributed by atoms with Gasteiger partial charge in [-0.25, -0.2) is 0 Å². The van der Waals surface area contributed by atoms with Crippen molar-refractivity contribution in [3.8, 4) is 23.0 Å². The largest absolute Gasteiger partial charge is 0.495 e. The highest BCUT2D eigenvalue weighted by molar-refractivity contribution is 7.86. The normalized spacial score (nSPS) is 12.4. The van der Waals surface area contributed by atoms with E-state index in [0.717, 1.165) is 12.1 Å². The van der Waals surface area contributed by atoms with E-state index >= 15 is 0 Å². The summed E-state index contributed by atoms with van der Waals surface area (Å²) in [7, 11) is -20.5. The van der Waals surface area contributed by atoms with Crippen LogP contribution < -0.4 is 34.9 Å². The molecular weight excluding hydrogens is 1190 g/mol. The number of aromatic nitrogens is 3. The molecule has 0 fully saturated rings. The van der Waals surface area contributed by atoms with E-state index in [2.05, 4.69) is 51.4 Å². The highest BCUT2D eigenvalue weighted by Gasteiger charge is 2.21. The van der Waals surface area contributed by atoms with Gasteiger partial charge in [-0.3, -0.25) is 22.8 Å². The summed E-state index contributed by atoms with van der Waals surface area (Å²) in [5, 5.41) is 24.9. The molecule has 1 heterocycles. The number of anilines is 5. The zero-order valence-corrected chi connectivity index (χ0v) is 46.2. The van der Waals surface area contributed by atoms with Crippen molar-refractivity contribution in [1.82, 2.24) is 15.0 Å². The zero-order valence-electron chi connectivity index (χ0n) is 40.6. The number of halogens is 2. The molecule has 79 heavy (non-hydrogen) atoms. The average Bonchev–Trinajstić information content (AvgIpc) is 3.37. The summed E-state index contributed by atoms with van der Waals surface area (Å²) in [6, 6.07) is 17.5. The fourth-order valence-electron chi connectivity index (χ4n) is 6.56. The number of hydrogen-bond acceptors (Lipinski definition) is 24. The Bertz CT molecular complexity index is 3680. The second-order valence-corrected chi connectivity index (χ2v) is 24.1. The molecule has 0 radical (unpaired) electrons. The second-order valence-electron chi connectivity index (χ2n) is 15.9. The van der Waals surface area contributed by atoms with Crippen LogP contribution in [0.4, 0.5) is 52.0 Å². The summed E-state index contributed by atoms with van der Waals surface area (Å²) < 4.78 is 187.